The Morgan fingerprint density at radius 1 is 1.47 bits per heavy atom. The molecule has 15 heavy (non-hydrogen) atoms. The van der Waals surface area contributed by atoms with Gasteiger partial charge in [-0.25, -0.2) is 0 Å². The minimum atomic E-state index is -0.0509. The maximum absolute atomic E-state index is 8.70. The van der Waals surface area contributed by atoms with Crippen LogP contribution in [-0.4, -0.2) is 23.6 Å². The van der Waals surface area contributed by atoms with Gasteiger partial charge in [-0.15, -0.1) is 11.6 Å². The van der Waals surface area contributed by atoms with Gasteiger partial charge in [-0.2, -0.15) is 0 Å². The van der Waals surface area contributed by atoms with Gasteiger partial charge in [0.2, 0.25) is 0 Å². The first kappa shape index (κ1) is 12.6. The predicted molar refractivity (Wildman–Crippen MR) is 66.0 cm³/mol. The number of aliphatic hydroxyl groups is 1. The molecule has 0 saturated carbocycles. The summed E-state index contributed by atoms with van der Waals surface area (Å²) in [5.41, 5.74) is 2.12. The van der Waals surface area contributed by atoms with Gasteiger partial charge in [-0.1, -0.05) is 11.6 Å². The molecule has 84 valence electrons. The number of anilines is 1. The average Bonchev–Trinajstić information content (AvgIpc) is 2.17. The fraction of sp³-hybridized carbons (Fsp3) is 0.455. The molecule has 1 atom stereocenters. The van der Waals surface area contributed by atoms with Crippen LogP contribution in [0.5, 0.6) is 0 Å². The molecule has 0 aromatic heterocycles. The molecule has 0 saturated heterocycles. The minimum Gasteiger partial charge on any atom is -0.396 e. The van der Waals surface area contributed by atoms with Gasteiger partial charge in [-0.3, -0.25) is 0 Å². The molecule has 2 N–H and O–H groups in total. The molecule has 0 spiro atoms. The van der Waals surface area contributed by atoms with E-state index in [1.807, 2.05) is 25.1 Å². The van der Waals surface area contributed by atoms with Gasteiger partial charge in [-0.05, 0) is 37.1 Å². The van der Waals surface area contributed by atoms with Gasteiger partial charge in [0, 0.05) is 23.9 Å². The molecule has 0 fully saturated rings. The smallest absolute Gasteiger partial charge is 0.0530 e. The van der Waals surface area contributed by atoms with Crippen LogP contribution in [0.25, 0.3) is 0 Å². The molecule has 0 aliphatic heterocycles. The molecular weight excluding hydrogens is 233 g/mol. The molecule has 1 aromatic rings. The third-order valence-electron chi connectivity index (χ3n) is 2.14. The summed E-state index contributed by atoms with van der Waals surface area (Å²) in [6.45, 7) is 2.75. The Hall–Kier alpha value is -0.440. The SMILES string of the molecule is Cc1cc(Cl)ccc1NCC(Cl)CCO. The van der Waals surface area contributed by atoms with Crippen LogP contribution in [-0.2, 0) is 0 Å². The van der Waals surface area contributed by atoms with Gasteiger partial charge < -0.3 is 10.4 Å². The highest BCUT2D eigenvalue weighted by Crippen LogP contribution is 2.19. The average molecular weight is 248 g/mol. The first-order valence-electron chi connectivity index (χ1n) is 4.88. The quantitative estimate of drug-likeness (QED) is 0.785. The van der Waals surface area contributed by atoms with E-state index in [1.165, 1.54) is 0 Å². The normalized spacial score (nSPS) is 12.5. The molecule has 1 rings (SSSR count). The summed E-state index contributed by atoms with van der Waals surface area (Å²) in [6.07, 6.45) is 0.598. The third kappa shape index (κ3) is 4.29. The fourth-order valence-electron chi connectivity index (χ4n) is 1.29. The van der Waals surface area contributed by atoms with Crippen LogP contribution < -0.4 is 5.32 Å². The number of aryl methyl sites for hydroxylation is 1. The number of hydrogen-bond donors (Lipinski definition) is 2. The van der Waals surface area contributed by atoms with Crippen molar-refractivity contribution in [2.75, 3.05) is 18.5 Å². The summed E-state index contributed by atoms with van der Waals surface area (Å²) in [5, 5.41) is 12.6. The van der Waals surface area contributed by atoms with E-state index < -0.39 is 0 Å². The zero-order valence-electron chi connectivity index (χ0n) is 8.63. The molecule has 0 heterocycles. The van der Waals surface area contributed by atoms with E-state index in [-0.39, 0.29) is 12.0 Å². The van der Waals surface area contributed by atoms with Crippen LogP contribution in [0.15, 0.2) is 18.2 Å². The number of benzene rings is 1. The van der Waals surface area contributed by atoms with Gasteiger partial charge in [0.15, 0.2) is 0 Å². The minimum absolute atomic E-state index is 0.0509. The summed E-state index contributed by atoms with van der Waals surface area (Å²) >= 11 is 11.8. The number of alkyl halides is 1. The van der Waals surface area contributed by atoms with Crippen molar-refractivity contribution in [1.29, 1.82) is 0 Å². The van der Waals surface area contributed by atoms with Gasteiger partial charge >= 0.3 is 0 Å². The molecule has 0 bridgehead atoms. The lowest BCUT2D eigenvalue weighted by Crippen LogP contribution is -2.15. The fourth-order valence-corrected chi connectivity index (χ4v) is 1.69. The van der Waals surface area contributed by atoms with Crippen molar-refractivity contribution in [3.05, 3.63) is 28.8 Å². The van der Waals surface area contributed by atoms with Crippen LogP contribution in [0.1, 0.15) is 12.0 Å². The van der Waals surface area contributed by atoms with Crippen molar-refractivity contribution in [2.45, 2.75) is 18.7 Å². The summed E-state index contributed by atoms with van der Waals surface area (Å²) in [7, 11) is 0. The number of rotatable bonds is 5. The molecule has 0 aliphatic carbocycles. The summed E-state index contributed by atoms with van der Waals surface area (Å²) < 4.78 is 0. The monoisotopic (exact) mass is 247 g/mol. The van der Waals surface area contributed by atoms with Crippen molar-refractivity contribution in [3.8, 4) is 0 Å². The summed E-state index contributed by atoms with van der Waals surface area (Å²) in [6, 6.07) is 5.67. The second-order valence-corrected chi connectivity index (χ2v) is 4.50. The lowest BCUT2D eigenvalue weighted by molar-refractivity contribution is 0.287. The maximum atomic E-state index is 8.70. The number of aliphatic hydroxyl groups excluding tert-OH is 1. The zero-order chi connectivity index (χ0) is 11.3. The Balaban J connectivity index is 2.50. The summed E-state index contributed by atoms with van der Waals surface area (Å²) in [5.74, 6) is 0. The van der Waals surface area contributed by atoms with Crippen molar-refractivity contribution in [1.82, 2.24) is 0 Å². The van der Waals surface area contributed by atoms with E-state index in [2.05, 4.69) is 5.32 Å². The Bertz CT molecular complexity index is 317. The van der Waals surface area contributed by atoms with Crippen LogP contribution in [0, 0.1) is 6.92 Å². The van der Waals surface area contributed by atoms with Crippen molar-refractivity contribution in [3.63, 3.8) is 0 Å². The molecule has 2 nitrogen and oxygen atoms in total. The second kappa shape index (κ2) is 6.21. The lowest BCUT2D eigenvalue weighted by atomic mass is 10.2. The molecule has 0 aliphatic rings. The van der Waals surface area contributed by atoms with E-state index >= 15 is 0 Å². The molecule has 0 radical (unpaired) electrons. The van der Waals surface area contributed by atoms with Crippen molar-refractivity contribution in [2.24, 2.45) is 0 Å². The standard InChI is InChI=1S/C11H15Cl2NO/c1-8-6-9(12)2-3-11(8)14-7-10(13)4-5-15/h2-3,6,10,14-15H,4-5,7H2,1H3. The van der Waals surface area contributed by atoms with Crippen LogP contribution in [0.2, 0.25) is 5.02 Å². The molecule has 1 aromatic carbocycles. The van der Waals surface area contributed by atoms with Crippen LogP contribution in [0.3, 0.4) is 0 Å². The van der Waals surface area contributed by atoms with Crippen LogP contribution >= 0.6 is 23.2 Å². The highest BCUT2D eigenvalue weighted by molar-refractivity contribution is 6.30. The van der Waals surface area contributed by atoms with Crippen molar-refractivity contribution >= 4 is 28.9 Å². The van der Waals surface area contributed by atoms with E-state index in [1.54, 1.807) is 0 Å². The Labute approximate surface area is 100 Å². The van der Waals surface area contributed by atoms with Gasteiger partial charge in [0.05, 0.1) is 5.38 Å². The number of halogens is 2. The van der Waals surface area contributed by atoms with E-state index in [4.69, 9.17) is 28.3 Å². The Morgan fingerprint density at radius 3 is 2.80 bits per heavy atom. The van der Waals surface area contributed by atoms with E-state index in [0.29, 0.717) is 13.0 Å². The van der Waals surface area contributed by atoms with Crippen molar-refractivity contribution < 1.29 is 5.11 Å². The number of hydrogen-bond acceptors (Lipinski definition) is 2. The Kier molecular flexibility index (Phi) is 5.23. The highest BCUT2D eigenvalue weighted by Gasteiger charge is 2.04. The Morgan fingerprint density at radius 2 is 2.20 bits per heavy atom. The predicted octanol–water partition coefficient (Wildman–Crippen LogP) is 3.05. The maximum Gasteiger partial charge on any atom is 0.0530 e. The molecule has 4 heteroatoms. The molecular formula is C11H15Cl2NO. The zero-order valence-corrected chi connectivity index (χ0v) is 10.1. The van der Waals surface area contributed by atoms with Crippen LogP contribution in [0.4, 0.5) is 5.69 Å². The highest BCUT2D eigenvalue weighted by atomic mass is 35.5. The second-order valence-electron chi connectivity index (χ2n) is 3.45. The lowest BCUT2D eigenvalue weighted by Gasteiger charge is -2.12. The van der Waals surface area contributed by atoms with E-state index in [9.17, 15) is 0 Å². The van der Waals surface area contributed by atoms with Gasteiger partial charge in [0.25, 0.3) is 0 Å². The summed E-state index contributed by atoms with van der Waals surface area (Å²) in [4.78, 5) is 0. The van der Waals surface area contributed by atoms with E-state index in [0.717, 1.165) is 16.3 Å². The largest absolute Gasteiger partial charge is 0.396 e. The topological polar surface area (TPSA) is 32.3 Å². The first-order chi connectivity index (χ1) is 7.13. The number of nitrogens with one attached hydrogen (secondary N) is 1. The first-order valence-corrected chi connectivity index (χ1v) is 5.70. The molecule has 1 unspecified atom stereocenters. The van der Waals surface area contributed by atoms with Gasteiger partial charge in [0.1, 0.15) is 0 Å². The third-order valence-corrected chi connectivity index (χ3v) is 2.75. The molecule has 0 amide bonds.